The molecule has 0 aliphatic heterocycles. The number of carbonyl (C=O) groups excluding carboxylic acids is 1. The number of anilines is 1. The van der Waals surface area contributed by atoms with Gasteiger partial charge in [-0.3, -0.25) is 4.79 Å². The Morgan fingerprint density at radius 3 is 2.75 bits per heavy atom. The van der Waals surface area contributed by atoms with Gasteiger partial charge in [-0.05, 0) is 42.0 Å². The van der Waals surface area contributed by atoms with Crippen LogP contribution in [0.1, 0.15) is 5.56 Å². The third kappa shape index (κ3) is 3.60. The van der Waals surface area contributed by atoms with E-state index in [1.54, 1.807) is 0 Å². The number of amides is 1. The summed E-state index contributed by atoms with van der Waals surface area (Å²) in [5.41, 5.74) is 0.861. The van der Waals surface area contributed by atoms with E-state index in [9.17, 15) is 13.6 Å². The quantitative estimate of drug-likeness (QED) is 0.757. The molecule has 122 valence electrons. The van der Waals surface area contributed by atoms with Crippen molar-refractivity contribution >= 4 is 23.2 Å². The van der Waals surface area contributed by atoms with Crippen molar-refractivity contribution in [2.45, 2.75) is 6.42 Å². The maximum absolute atomic E-state index is 14.1. The van der Waals surface area contributed by atoms with Crippen LogP contribution in [-0.2, 0) is 11.2 Å². The molecule has 3 rings (SSSR count). The highest BCUT2D eigenvalue weighted by atomic mass is 35.5. The zero-order valence-electron chi connectivity index (χ0n) is 12.2. The molecule has 0 spiro atoms. The first kappa shape index (κ1) is 16.1. The highest BCUT2D eigenvalue weighted by Crippen LogP contribution is 2.25. The SMILES string of the molecule is O=C(Cc1cc(F)ccc1Cl)Nc1ccc(-c2cnco2)c(F)c1. The summed E-state index contributed by atoms with van der Waals surface area (Å²) in [4.78, 5) is 15.8. The predicted molar refractivity (Wildman–Crippen MR) is 85.6 cm³/mol. The van der Waals surface area contributed by atoms with Crippen LogP contribution in [0.2, 0.25) is 5.02 Å². The van der Waals surface area contributed by atoms with Gasteiger partial charge in [0.25, 0.3) is 0 Å². The van der Waals surface area contributed by atoms with E-state index in [1.807, 2.05) is 0 Å². The van der Waals surface area contributed by atoms with Crippen LogP contribution in [0, 0.1) is 11.6 Å². The molecule has 0 radical (unpaired) electrons. The minimum atomic E-state index is -0.562. The molecule has 7 heteroatoms. The lowest BCUT2D eigenvalue weighted by Gasteiger charge is -2.08. The van der Waals surface area contributed by atoms with Crippen LogP contribution in [0.4, 0.5) is 14.5 Å². The van der Waals surface area contributed by atoms with Crippen molar-refractivity contribution in [3.8, 4) is 11.3 Å². The molecule has 1 amide bonds. The zero-order chi connectivity index (χ0) is 17.1. The number of nitrogens with zero attached hydrogens (tertiary/aromatic N) is 1. The van der Waals surface area contributed by atoms with E-state index >= 15 is 0 Å². The fraction of sp³-hybridized carbons (Fsp3) is 0.0588. The second kappa shape index (κ2) is 6.80. The van der Waals surface area contributed by atoms with E-state index in [4.69, 9.17) is 16.0 Å². The van der Waals surface area contributed by atoms with Crippen molar-refractivity contribution in [3.05, 3.63) is 71.2 Å². The van der Waals surface area contributed by atoms with E-state index in [2.05, 4.69) is 10.3 Å². The van der Waals surface area contributed by atoms with Gasteiger partial charge in [0.2, 0.25) is 5.91 Å². The van der Waals surface area contributed by atoms with Gasteiger partial charge < -0.3 is 9.73 Å². The number of hydrogen-bond donors (Lipinski definition) is 1. The lowest BCUT2D eigenvalue weighted by molar-refractivity contribution is -0.115. The molecule has 0 fully saturated rings. The molecule has 0 aliphatic rings. The Labute approximate surface area is 141 Å². The van der Waals surface area contributed by atoms with E-state index in [-0.39, 0.29) is 23.4 Å². The van der Waals surface area contributed by atoms with E-state index in [0.717, 1.165) is 0 Å². The van der Waals surface area contributed by atoms with Crippen LogP contribution < -0.4 is 5.32 Å². The first-order valence-corrected chi connectivity index (χ1v) is 7.33. The number of halogens is 3. The second-order valence-electron chi connectivity index (χ2n) is 5.02. The van der Waals surface area contributed by atoms with Crippen LogP contribution in [0.15, 0.2) is 53.4 Å². The Kier molecular flexibility index (Phi) is 4.57. The summed E-state index contributed by atoms with van der Waals surface area (Å²) in [6.07, 6.45) is 2.47. The van der Waals surface area contributed by atoms with Crippen molar-refractivity contribution in [1.82, 2.24) is 4.98 Å². The minimum absolute atomic E-state index is 0.123. The van der Waals surface area contributed by atoms with Crippen molar-refractivity contribution in [3.63, 3.8) is 0 Å². The molecule has 24 heavy (non-hydrogen) atoms. The lowest BCUT2D eigenvalue weighted by Crippen LogP contribution is -2.15. The molecule has 1 N–H and O–H groups in total. The number of nitrogens with one attached hydrogen (secondary N) is 1. The molecule has 0 saturated carbocycles. The third-order valence-corrected chi connectivity index (χ3v) is 3.68. The largest absolute Gasteiger partial charge is 0.443 e. The number of rotatable bonds is 4. The third-order valence-electron chi connectivity index (χ3n) is 3.31. The summed E-state index contributed by atoms with van der Waals surface area (Å²) in [5, 5.41) is 2.83. The summed E-state index contributed by atoms with van der Waals surface area (Å²) in [6.45, 7) is 0. The normalized spacial score (nSPS) is 10.6. The fourth-order valence-corrected chi connectivity index (χ4v) is 2.38. The van der Waals surface area contributed by atoms with Crippen molar-refractivity contribution in [2.24, 2.45) is 0 Å². The Bertz CT molecular complexity index is 882. The highest BCUT2D eigenvalue weighted by molar-refractivity contribution is 6.31. The molecule has 0 saturated heterocycles. The monoisotopic (exact) mass is 348 g/mol. The first-order chi connectivity index (χ1) is 11.5. The Morgan fingerprint density at radius 2 is 2.04 bits per heavy atom. The smallest absolute Gasteiger partial charge is 0.228 e. The zero-order valence-corrected chi connectivity index (χ0v) is 13.0. The number of carbonyl (C=O) groups is 1. The van der Waals surface area contributed by atoms with E-state index in [1.165, 1.54) is 49.0 Å². The molecule has 0 bridgehead atoms. The predicted octanol–water partition coefficient (Wildman–Crippen LogP) is 4.45. The molecule has 1 aromatic heterocycles. The first-order valence-electron chi connectivity index (χ1n) is 6.95. The number of aromatic nitrogens is 1. The molecule has 2 aromatic carbocycles. The summed E-state index contributed by atoms with van der Waals surface area (Å²) in [5.74, 6) is -1.19. The molecular weight excluding hydrogens is 338 g/mol. The van der Waals surface area contributed by atoms with Gasteiger partial charge in [-0.15, -0.1) is 0 Å². The summed E-state index contributed by atoms with van der Waals surface area (Å²) in [6, 6.07) is 7.96. The van der Waals surface area contributed by atoms with Crippen LogP contribution in [0.25, 0.3) is 11.3 Å². The van der Waals surface area contributed by atoms with Gasteiger partial charge in [0.1, 0.15) is 11.6 Å². The Morgan fingerprint density at radius 1 is 1.21 bits per heavy atom. The van der Waals surface area contributed by atoms with E-state index in [0.29, 0.717) is 10.6 Å². The van der Waals surface area contributed by atoms with Crippen LogP contribution in [-0.4, -0.2) is 10.9 Å². The number of benzene rings is 2. The maximum Gasteiger partial charge on any atom is 0.228 e. The van der Waals surface area contributed by atoms with Gasteiger partial charge >= 0.3 is 0 Å². The van der Waals surface area contributed by atoms with Gasteiger partial charge in [0.15, 0.2) is 12.2 Å². The minimum Gasteiger partial charge on any atom is -0.443 e. The molecule has 3 aromatic rings. The summed E-state index contributed by atoms with van der Waals surface area (Å²) >= 11 is 5.92. The van der Waals surface area contributed by atoms with Gasteiger partial charge in [-0.25, -0.2) is 13.8 Å². The number of oxazole rings is 1. The van der Waals surface area contributed by atoms with E-state index < -0.39 is 17.5 Å². The number of hydrogen-bond acceptors (Lipinski definition) is 3. The van der Waals surface area contributed by atoms with Gasteiger partial charge in [0, 0.05) is 10.7 Å². The standard InChI is InChI=1S/C17H11ClF2N2O2/c18-14-4-1-11(19)5-10(14)6-17(23)22-12-2-3-13(15(20)7-12)16-8-21-9-24-16/h1-5,7-9H,6H2,(H,22,23). The van der Waals surface area contributed by atoms with Crippen LogP contribution >= 0.6 is 11.6 Å². The molecule has 0 atom stereocenters. The maximum atomic E-state index is 14.1. The summed E-state index contributed by atoms with van der Waals surface area (Å²) < 4.78 is 32.3. The van der Waals surface area contributed by atoms with Gasteiger partial charge in [-0.1, -0.05) is 11.6 Å². The second-order valence-corrected chi connectivity index (χ2v) is 5.43. The van der Waals surface area contributed by atoms with Crippen molar-refractivity contribution in [1.29, 1.82) is 0 Å². The molecule has 4 nitrogen and oxygen atoms in total. The van der Waals surface area contributed by atoms with Gasteiger partial charge in [-0.2, -0.15) is 0 Å². The summed E-state index contributed by atoms with van der Waals surface area (Å²) in [7, 11) is 0. The van der Waals surface area contributed by atoms with Gasteiger partial charge in [0.05, 0.1) is 18.2 Å². The molecule has 1 heterocycles. The average Bonchev–Trinajstić information content (AvgIpc) is 3.05. The van der Waals surface area contributed by atoms with Crippen LogP contribution in [0.3, 0.4) is 0 Å². The van der Waals surface area contributed by atoms with Crippen molar-refractivity contribution in [2.75, 3.05) is 5.32 Å². The lowest BCUT2D eigenvalue weighted by atomic mass is 10.1. The van der Waals surface area contributed by atoms with Crippen molar-refractivity contribution < 1.29 is 18.0 Å². The highest BCUT2D eigenvalue weighted by Gasteiger charge is 2.12. The Hall–Kier alpha value is -2.73. The molecule has 0 unspecified atom stereocenters. The van der Waals surface area contributed by atoms with Crippen LogP contribution in [0.5, 0.6) is 0 Å². The molecule has 0 aliphatic carbocycles. The Balaban J connectivity index is 1.73. The topological polar surface area (TPSA) is 55.1 Å². The average molecular weight is 349 g/mol. The fourth-order valence-electron chi connectivity index (χ4n) is 2.20. The molecular formula is C17H11ClF2N2O2.